The highest BCUT2D eigenvalue weighted by Gasteiger charge is 2.10. The van der Waals surface area contributed by atoms with Crippen molar-refractivity contribution in [1.29, 1.82) is 0 Å². The van der Waals surface area contributed by atoms with Gasteiger partial charge in [-0.15, -0.1) is 11.6 Å². The third kappa shape index (κ3) is 1.53. The summed E-state index contributed by atoms with van der Waals surface area (Å²) in [5.41, 5.74) is 1.17. The van der Waals surface area contributed by atoms with E-state index < -0.39 is 0 Å². The Hall–Kier alpha value is -2.31. The number of alkyl halides is 1. The molecule has 0 saturated heterocycles. The van der Waals surface area contributed by atoms with Gasteiger partial charge in [0.1, 0.15) is 0 Å². The monoisotopic (exact) mass is 300 g/mol. The minimum atomic E-state index is 0.553. The van der Waals surface area contributed by atoms with Crippen LogP contribution in [0.3, 0.4) is 0 Å². The molecule has 0 fully saturated rings. The molecule has 0 N–H and O–H groups in total. The zero-order valence-corrected chi connectivity index (χ0v) is 12.7. The molecule has 0 bridgehead atoms. The lowest BCUT2D eigenvalue weighted by molar-refractivity contribution is 1.43. The molecule has 0 nitrogen and oxygen atoms in total. The summed E-state index contributed by atoms with van der Waals surface area (Å²) in [4.78, 5) is 0. The summed E-state index contributed by atoms with van der Waals surface area (Å²) in [6.07, 6.45) is 0. The van der Waals surface area contributed by atoms with Crippen LogP contribution in [0.25, 0.3) is 43.1 Å². The second kappa shape index (κ2) is 4.34. The molecule has 1 heteroatoms. The number of fused-ring (bicyclic) bond motifs is 2. The first-order valence-corrected chi connectivity index (χ1v) is 8.04. The molecule has 0 saturated carbocycles. The second-order valence-electron chi connectivity index (χ2n) is 5.92. The second-order valence-corrected chi connectivity index (χ2v) is 6.19. The molecule has 5 aromatic rings. The Morgan fingerprint density at radius 2 is 1.32 bits per heavy atom. The summed E-state index contributed by atoms with van der Waals surface area (Å²) in [5, 5.41) is 10.6. The Morgan fingerprint density at radius 3 is 2.14 bits per heavy atom. The van der Waals surface area contributed by atoms with E-state index in [1.165, 1.54) is 48.7 Å². The largest absolute Gasteiger partial charge is 0.122 e. The lowest BCUT2D eigenvalue weighted by Crippen LogP contribution is -1.86. The summed E-state index contributed by atoms with van der Waals surface area (Å²) in [6.45, 7) is 0. The molecule has 0 unspecified atom stereocenters. The first-order chi connectivity index (χ1) is 10.8. The van der Waals surface area contributed by atoms with Crippen LogP contribution >= 0.6 is 11.6 Å². The van der Waals surface area contributed by atoms with Gasteiger partial charge < -0.3 is 0 Å². The molecule has 0 aromatic heterocycles. The van der Waals surface area contributed by atoms with Crippen LogP contribution in [0.4, 0.5) is 0 Å². The summed E-state index contributed by atoms with van der Waals surface area (Å²) in [6, 6.07) is 24.3. The average Bonchev–Trinajstić information content (AvgIpc) is 2.58. The highest BCUT2D eigenvalue weighted by atomic mass is 35.5. The Morgan fingerprint density at radius 1 is 0.591 bits per heavy atom. The van der Waals surface area contributed by atoms with Crippen molar-refractivity contribution in [2.24, 2.45) is 0 Å². The van der Waals surface area contributed by atoms with Crippen molar-refractivity contribution < 1.29 is 0 Å². The number of hydrogen-bond donors (Lipinski definition) is 0. The van der Waals surface area contributed by atoms with Crippen molar-refractivity contribution in [3.05, 3.63) is 72.3 Å². The molecular weight excluding hydrogens is 288 g/mol. The van der Waals surface area contributed by atoms with E-state index in [1.54, 1.807) is 0 Å². The van der Waals surface area contributed by atoms with Gasteiger partial charge in [-0.05, 0) is 60.8 Å². The van der Waals surface area contributed by atoms with Crippen molar-refractivity contribution in [3.8, 4) is 0 Å². The highest BCUT2D eigenvalue weighted by Crippen LogP contribution is 2.38. The van der Waals surface area contributed by atoms with Gasteiger partial charge in [-0.1, -0.05) is 54.6 Å². The molecular formula is C21H13Cl. The third-order valence-electron chi connectivity index (χ3n) is 4.68. The van der Waals surface area contributed by atoms with Gasteiger partial charge in [0.05, 0.1) is 0 Å². The molecule has 0 aliphatic carbocycles. The fraction of sp³-hybridized carbons (Fsp3) is 0.0476. The molecule has 0 heterocycles. The summed E-state index contributed by atoms with van der Waals surface area (Å²) >= 11 is 6.03. The van der Waals surface area contributed by atoms with E-state index >= 15 is 0 Å². The van der Waals surface area contributed by atoms with Gasteiger partial charge in [0.25, 0.3) is 0 Å². The molecule has 5 rings (SSSR count). The zero-order valence-electron chi connectivity index (χ0n) is 11.9. The van der Waals surface area contributed by atoms with Crippen molar-refractivity contribution in [3.63, 3.8) is 0 Å². The van der Waals surface area contributed by atoms with Crippen LogP contribution in [-0.4, -0.2) is 0 Å². The standard InChI is InChI=1S/C21H13Cl/c22-12-13-4-5-16-11-17-7-6-14-2-1-3-15-8-9-18(19(16)10-13)21(17)20(14)15/h1-11H,12H2. The molecule has 0 spiro atoms. The molecule has 0 atom stereocenters. The average molecular weight is 301 g/mol. The van der Waals surface area contributed by atoms with Gasteiger partial charge in [0.15, 0.2) is 0 Å². The van der Waals surface area contributed by atoms with Crippen LogP contribution in [-0.2, 0) is 5.88 Å². The van der Waals surface area contributed by atoms with E-state index in [2.05, 4.69) is 66.7 Å². The van der Waals surface area contributed by atoms with Crippen LogP contribution in [0.2, 0.25) is 0 Å². The smallest absolute Gasteiger partial charge is 0.0474 e. The summed E-state index contributed by atoms with van der Waals surface area (Å²) < 4.78 is 0. The Labute approximate surface area is 133 Å². The quantitative estimate of drug-likeness (QED) is 0.189. The minimum Gasteiger partial charge on any atom is -0.122 e. The van der Waals surface area contributed by atoms with E-state index in [0.717, 1.165) is 0 Å². The Balaban J connectivity index is 2.12. The molecule has 5 aromatic carbocycles. The zero-order chi connectivity index (χ0) is 14.7. The van der Waals surface area contributed by atoms with Gasteiger partial charge in [-0.25, -0.2) is 0 Å². The van der Waals surface area contributed by atoms with E-state index in [1.807, 2.05) is 0 Å². The van der Waals surface area contributed by atoms with E-state index in [4.69, 9.17) is 11.6 Å². The molecule has 0 aliphatic rings. The van der Waals surface area contributed by atoms with Crippen molar-refractivity contribution in [2.75, 3.05) is 0 Å². The number of rotatable bonds is 1. The highest BCUT2D eigenvalue weighted by molar-refractivity contribution is 6.29. The van der Waals surface area contributed by atoms with Crippen LogP contribution in [0, 0.1) is 0 Å². The molecule has 22 heavy (non-hydrogen) atoms. The summed E-state index contributed by atoms with van der Waals surface area (Å²) in [5.74, 6) is 0.553. The van der Waals surface area contributed by atoms with Gasteiger partial charge in [-0.3, -0.25) is 0 Å². The van der Waals surface area contributed by atoms with E-state index in [0.29, 0.717) is 5.88 Å². The van der Waals surface area contributed by atoms with Crippen LogP contribution in [0.15, 0.2) is 66.7 Å². The minimum absolute atomic E-state index is 0.553. The molecule has 0 aliphatic heterocycles. The topological polar surface area (TPSA) is 0 Å². The van der Waals surface area contributed by atoms with Gasteiger partial charge in [0.2, 0.25) is 0 Å². The van der Waals surface area contributed by atoms with Gasteiger partial charge in [0, 0.05) is 5.88 Å². The maximum absolute atomic E-state index is 6.03. The normalized spacial score (nSPS) is 12.0. The lowest BCUT2D eigenvalue weighted by Gasteiger charge is -2.13. The SMILES string of the molecule is ClCc1ccc2cc3ccc4cccc5ccc(c2c1)c3c45. The third-order valence-corrected chi connectivity index (χ3v) is 4.99. The molecule has 0 radical (unpaired) electrons. The van der Waals surface area contributed by atoms with E-state index in [-0.39, 0.29) is 0 Å². The van der Waals surface area contributed by atoms with Crippen molar-refractivity contribution in [1.82, 2.24) is 0 Å². The Kier molecular flexibility index (Phi) is 2.42. The van der Waals surface area contributed by atoms with Crippen LogP contribution in [0.1, 0.15) is 5.56 Å². The van der Waals surface area contributed by atoms with E-state index in [9.17, 15) is 0 Å². The fourth-order valence-electron chi connectivity index (χ4n) is 3.67. The first-order valence-electron chi connectivity index (χ1n) is 7.50. The first kappa shape index (κ1) is 12.3. The van der Waals surface area contributed by atoms with Crippen LogP contribution < -0.4 is 0 Å². The van der Waals surface area contributed by atoms with Crippen molar-refractivity contribution >= 4 is 54.7 Å². The predicted octanol–water partition coefficient (Wildman–Crippen LogP) is 6.48. The Bertz CT molecular complexity index is 1140. The van der Waals surface area contributed by atoms with Gasteiger partial charge >= 0.3 is 0 Å². The number of hydrogen-bond acceptors (Lipinski definition) is 0. The number of halogens is 1. The van der Waals surface area contributed by atoms with Crippen LogP contribution in [0.5, 0.6) is 0 Å². The predicted molar refractivity (Wildman–Crippen MR) is 97.2 cm³/mol. The maximum Gasteiger partial charge on any atom is 0.0474 e. The fourth-order valence-corrected chi connectivity index (χ4v) is 3.83. The summed E-state index contributed by atoms with van der Waals surface area (Å²) in [7, 11) is 0. The van der Waals surface area contributed by atoms with Crippen molar-refractivity contribution in [2.45, 2.75) is 5.88 Å². The number of benzene rings is 5. The molecule has 0 amide bonds. The lowest BCUT2D eigenvalue weighted by atomic mass is 9.90. The van der Waals surface area contributed by atoms with Gasteiger partial charge in [-0.2, -0.15) is 0 Å². The maximum atomic E-state index is 6.03. The molecule has 104 valence electrons.